The predicted molar refractivity (Wildman–Crippen MR) is 131 cm³/mol. The predicted octanol–water partition coefficient (Wildman–Crippen LogP) is 4.47. The molecule has 0 bridgehead atoms. The van der Waals surface area contributed by atoms with Gasteiger partial charge in [-0.25, -0.2) is 13.4 Å². The van der Waals surface area contributed by atoms with Gasteiger partial charge >= 0.3 is 0 Å². The summed E-state index contributed by atoms with van der Waals surface area (Å²) in [6.45, 7) is 0.628. The van der Waals surface area contributed by atoms with Crippen molar-refractivity contribution in [3.63, 3.8) is 0 Å². The molecule has 172 valence electrons. The smallest absolute Gasteiger partial charge is 0.236 e. The number of piperidine rings is 1. The van der Waals surface area contributed by atoms with Gasteiger partial charge in [-0.1, -0.05) is 30.3 Å². The lowest BCUT2D eigenvalue weighted by atomic mass is 9.97. The molecule has 9 heteroatoms. The van der Waals surface area contributed by atoms with Gasteiger partial charge in [-0.2, -0.15) is 4.31 Å². The molecule has 0 aliphatic carbocycles. The van der Waals surface area contributed by atoms with Crippen molar-refractivity contribution in [3.8, 4) is 17.0 Å². The van der Waals surface area contributed by atoms with Crippen LogP contribution in [0.2, 0.25) is 0 Å². The Morgan fingerprint density at radius 1 is 1.12 bits per heavy atom. The monoisotopic (exact) mass is 483 g/mol. The SMILES string of the molecule is COc1ccc(-c2csc(NC(=O)C3CCN(S(=O)(=O)/C=C/c4ccccc4)CC3)n2)cc1. The summed E-state index contributed by atoms with van der Waals surface area (Å²) >= 11 is 1.37. The van der Waals surface area contributed by atoms with E-state index in [1.165, 1.54) is 21.1 Å². The molecule has 0 radical (unpaired) electrons. The Labute approximate surface area is 197 Å². The fraction of sp³-hybridized carbons (Fsp3) is 0.250. The molecule has 7 nitrogen and oxygen atoms in total. The number of aromatic nitrogens is 1. The van der Waals surface area contributed by atoms with Crippen molar-refractivity contribution >= 4 is 38.5 Å². The average molecular weight is 484 g/mol. The van der Waals surface area contributed by atoms with Gasteiger partial charge in [0.1, 0.15) is 5.75 Å². The Bertz CT molecular complexity index is 1210. The Balaban J connectivity index is 1.31. The van der Waals surface area contributed by atoms with E-state index in [9.17, 15) is 13.2 Å². The summed E-state index contributed by atoms with van der Waals surface area (Å²) in [6.07, 6.45) is 2.54. The first-order valence-corrected chi connectivity index (χ1v) is 13.0. The van der Waals surface area contributed by atoms with E-state index in [-0.39, 0.29) is 11.8 Å². The normalized spacial score (nSPS) is 15.5. The minimum absolute atomic E-state index is 0.123. The number of carbonyl (C=O) groups excluding carboxylic acids is 1. The van der Waals surface area contributed by atoms with Crippen molar-refractivity contribution in [2.45, 2.75) is 12.8 Å². The summed E-state index contributed by atoms with van der Waals surface area (Å²) in [5, 5.41) is 6.55. The quantitative estimate of drug-likeness (QED) is 0.536. The van der Waals surface area contributed by atoms with Crippen LogP contribution in [0.5, 0.6) is 5.75 Å². The minimum Gasteiger partial charge on any atom is -0.497 e. The van der Waals surface area contributed by atoms with E-state index in [1.54, 1.807) is 13.2 Å². The molecule has 1 aromatic heterocycles. The largest absolute Gasteiger partial charge is 0.497 e. The van der Waals surface area contributed by atoms with Crippen molar-refractivity contribution < 1.29 is 17.9 Å². The summed E-state index contributed by atoms with van der Waals surface area (Å²) in [5.41, 5.74) is 2.55. The zero-order valence-electron chi connectivity index (χ0n) is 18.2. The molecule has 0 unspecified atom stereocenters. The molecule has 1 aliphatic heterocycles. The number of methoxy groups -OCH3 is 1. The van der Waals surface area contributed by atoms with Crippen LogP contribution in [0.4, 0.5) is 5.13 Å². The summed E-state index contributed by atoms with van der Waals surface area (Å²) in [6, 6.07) is 16.9. The molecule has 1 amide bonds. The Morgan fingerprint density at radius 3 is 2.48 bits per heavy atom. The summed E-state index contributed by atoms with van der Waals surface area (Å²) in [4.78, 5) is 17.2. The third kappa shape index (κ3) is 5.87. The number of anilines is 1. The van der Waals surface area contributed by atoms with E-state index in [0.29, 0.717) is 31.1 Å². The number of carbonyl (C=O) groups is 1. The van der Waals surface area contributed by atoms with Crippen LogP contribution in [0.1, 0.15) is 18.4 Å². The van der Waals surface area contributed by atoms with Crippen molar-refractivity contribution in [3.05, 3.63) is 70.9 Å². The highest BCUT2D eigenvalue weighted by Gasteiger charge is 2.30. The number of nitrogens with zero attached hydrogens (tertiary/aromatic N) is 2. The standard InChI is InChI=1S/C24H25N3O4S2/c1-31-21-9-7-19(8-10-21)22-17-32-24(25-22)26-23(28)20-11-14-27(15-12-20)33(29,30)16-13-18-5-3-2-4-6-18/h2-10,13,16-17,20H,11-12,14-15H2,1H3,(H,25,26,28)/b16-13+. The number of ether oxygens (including phenoxy) is 1. The van der Waals surface area contributed by atoms with Crippen LogP contribution in [0.3, 0.4) is 0 Å². The number of nitrogens with one attached hydrogen (secondary N) is 1. The lowest BCUT2D eigenvalue weighted by molar-refractivity contribution is -0.120. The van der Waals surface area contributed by atoms with Gasteiger partial charge in [0.2, 0.25) is 15.9 Å². The zero-order chi connectivity index (χ0) is 23.3. The fourth-order valence-electron chi connectivity index (χ4n) is 3.62. The van der Waals surface area contributed by atoms with E-state index in [0.717, 1.165) is 22.6 Å². The van der Waals surface area contributed by atoms with Crippen LogP contribution < -0.4 is 10.1 Å². The number of hydrogen-bond acceptors (Lipinski definition) is 6. The van der Waals surface area contributed by atoms with Crippen LogP contribution in [0.15, 0.2) is 65.4 Å². The van der Waals surface area contributed by atoms with Crippen molar-refractivity contribution in [1.29, 1.82) is 0 Å². The fourth-order valence-corrected chi connectivity index (χ4v) is 5.56. The highest BCUT2D eigenvalue weighted by Crippen LogP contribution is 2.28. The van der Waals surface area contributed by atoms with E-state index >= 15 is 0 Å². The van der Waals surface area contributed by atoms with Gasteiger partial charge in [0, 0.05) is 35.4 Å². The molecule has 1 aliphatic rings. The molecule has 0 spiro atoms. The lowest BCUT2D eigenvalue weighted by Gasteiger charge is -2.29. The molecular formula is C24H25N3O4S2. The summed E-state index contributed by atoms with van der Waals surface area (Å²) in [7, 11) is -1.90. The van der Waals surface area contributed by atoms with E-state index < -0.39 is 10.0 Å². The van der Waals surface area contributed by atoms with Crippen LogP contribution >= 0.6 is 11.3 Å². The van der Waals surface area contributed by atoms with Crippen LogP contribution in [0.25, 0.3) is 17.3 Å². The first kappa shape index (κ1) is 23.2. The lowest BCUT2D eigenvalue weighted by Crippen LogP contribution is -2.40. The maximum atomic E-state index is 12.7. The molecule has 2 aromatic carbocycles. The van der Waals surface area contributed by atoms with Crippen LogP contribution in [0, 0.1) is 5.92 Å². The summed E-state index contributed by atoms with van der Waals surface area (Å²) in [5.74, 6) is 0.400. The second kappa shape index (κ2) is 10.3. The number of rotatable bonds is 7. The zero-order valence-corrected chi connectivity index (χ0v) is 19.8. The second-order valence-electron chi connectivity index (χ2n) is 7.69. The van der Waals surface area contributed by atoms with Gasteiger partial charge in [-0.15, -0.1) is 11.3 Å². The topological polar surface area (TPSA) is 88.6 Å². The highest BCUT2D eigenvalue weighted by molar-refractivity contribution is 7.92. The molecule has 0 saturated carbocycles. The van der Waals surface area contributed by atoms with E-state index in [2.05, 4.69) is 10.3 Å². The maximum absolute atomic E-state index is 12.7. The number of benzene rings is 2. The molecule has 4 rings (SSSR count). The van der Waals surface area contributed by atoms with Gasteiger partial charge in [0.15, 0.2) is 5.13 Å². The summed E-state index contributed by atoms with van der Waals surface area (Å²) < 4.78 is 31.9. The third-order valence-corrected chi connectivity index (χ3v) is 7.86. The maximum Gasteiger partial charge on any atom is 0.236 e. The van der Waals surface area contributed by atoms with Crippen molar-refractivity contribution in [2.24, 2.45) is 5.92 Å². The van der Waals surface area contributed by atoms with Crippen molar-refractivity contribution in [2.75, 3.05) is 25.5 Å². The second-order valence-corrected chi connectivity index (χ2v) is 10.4. The molecule has 1 N–H and O–H groups in total. The van der Waals surface area contributed by atoms with Crippen LogP contribution in [-0.4, -0.2) is 43.8 Å². The van der Waals surface area contributed by atoms with Crippen molar-refractivity contribution in [1.82, 2.24) is 9.29 Å². The molecule has 33 heavy (non-hydrogen) atoms. The molecule has 3 aromatic rings. The van der Waals surface area contributed by atoms with Gasteiger partial charge < -0.3 is 10.1 Å². The Hall–Kier alpha value is -3.01. The van der Waals surface area contributed by atoms with Crippen LogP contribution in [-0.2, 0) is 14.8 Å². The molecular weight excluding hydrogens is 458 g/mol. The average Bonchev–Trinajstić information content (AvgIpc) is 3.32. The Kier molecular flexibility index (Phi) is 7.22. The molecule has 2 heterocycles. The number of amides is 1. The molecule has 1 fully saturated rings. The molecule has 0 atom stereocenters. The first-order valence-electron chi connectivity index (χ1n) is 10.6. The van der Waals surface area contributed by atoms with E-state index in [4.69, 9.17) is 4.74 Å². The molecule has 1 saturated heterocycles. The van der Waals surface area contributed by atoms with Gasteiger partial charge in [0.05, 0.1) is 12.8 Å². The number of sulfonamides is 1. The Morgan fingerprint density at radius 2 is 1.82 bits per heavy atom. The van der Waals surface area contributed by atoms with E-state index in [1.807, 2.05) is 60.0 Å². The number of thiazole rings is 1. The van der Waals surface area contributed by atoms with Gasteiger partial charge in [-0.05, 0) is 48.7 Å². The van der Waals surface area contributed by atoms with Gasteiger partial charge in [-0.3, -0.25) is 4.79 Å². The minimum atomic E-state index is -3.52. The van der Waals surface area contributed by atoms with Gasteiger partial charge in [0.25, 0.3) is 0 Å². The highest BCUT2D eigenvalue weighted by atomic mass is 32.2. The third-order valence-electron chi connectivity index (χ3n) is 5.54. The first-order chi connectivity index (χ1) is 15.9. The number of hydrogen-bond donors (Lipinski definition) is 1.